The van der Waals surface area contributed by atoms with Crippen molar-refractivity contribution in [3.8, 4) is 0 Å². The highest BCUT2D eigenvalue weighted by Gasteiger charge is 2.20. The van der Waals surface area contributed by atoms with Crippen molar-refractivity contribution in [1.82, 2.24) is 19.6 Å². The fraction of sp³-hybridized carbons (Fsp3) is 0.440. The summed E-state index contributed by atoms with van der Waals surface area (Å²) >= 11 is 0. The van der Waals surface area contributed by atoms with Gasteiger partial charge in [-0.15, -0.1) is 0 Å². The molecule has 0 bridgehead atoms. The molecule has 5 nitrogen and oxygen atoms in total. The smallest absolute Gasteiger partial charge is 0.271 e. The summed E-state index contributed by atoms with van der Waals surface area (Å²) < 4.78 is 1.86. The summed E-state index contributed by atoms with van der Waals surface area (Å²) in [6, 6.07) is 15.3. The number of carbonyl (C=O) groups excluding carboxylic acids is 1. The van der Waals surface area contributed by atoms with Crippen LogP contribution in [0.2, 0.25) is 0 Å². The normalized spacial score (nSPS) is 15.7. The van der Waals surface area contributed by atoms with Crippen molar-refractivity contribution in [3.63, 3.8) is 0 Å². The predicted molar refractivity (Wildman–Crippen MR) is 121 cm³/mol. The number of nitrogens with one attached hydrogen (secondary N) is 1. The van der Waals surface area contributed by atoms with Crippen molar-refractivity contribution in [2.75, 3.05) is 19.6 Å². The van der Waals surface area contributed by atoms with Crippen LogP contribution in [0.25, 0.3) is 5.65 Å². The van der Waals surface area contributed by atoms with Crippen LogP contribution in [0.4, 0.5) is 0 Å². The highest BCUT2D eigenvalue weighted by molar-refractivity contribution is 5.92. The number of carbonyl (C=O) groups is 1. The lowest BCUT2D eigenvalue weighted by Gasteiger charge is -2.34. The van der Waals surface area contributed by atoms with E-state index in [-0.39, 0.29) is 5.91 Å². The number of nitrogens with zero attached hydrogens (tertiary/aromatic N) is 3. The molecular weight excluding hydrogens is 372 g/mol. The second-order valence-electron chi connectivity index (χ2n) is 8.69. The van der Waals surface area contributed by atoms with E-state index in [0.29, 0.717) is 18.3 Å². The first-order chi connectivity index (χ1) is 14.6. The van der Waals surface area contributed by atoms with Crippen molar-refractivity contribution in [1.29, 1.82) is 0 Å². The number of rotatable bonds is 7. The summed E-state index contributed by atoms with van der Waals surface area (Å²) in [7, 11) is 0. The number of hydrogen-bond acceptors (Lipinski definition) is 3. The topological polar surface area (TPSA) is 49.6 Å². The van der Waals surface area contributed by atoms with Gasteiger partial charge in [0.2, 0.25) is 0 Å². The Morgan fingerprint density at radius 2 is 1.83 bits per heavy atom. The number of amides is 1. The number of benzene rings is 1. The summed E-state index contributed by atoms with van der Waals surface area (Å²) in [6.45, 7) is 7.65. The quantitative estimate of drug-likeness (QED) is 0.648. The van der Waals surface area contributed by atoms with Gasteiger partial charge in [-0.2, -0.15) is 0 Å². The molecule has 4 rings (SSSR count). The lowest BCUT2D eigenvalue weighted by Crippen LogP contribution is -2.38. The molecule has 0 atom stereocenters. The third-order valence-corrected chi connectivity index (χ3v) is 6.22. The largest absolute Gasteiger partial charge is 0.350 e. The van der Waals surface area contributed by atoms with Gasteiger partial charge in [-0.1, -0.05) is 30.3 Å². The maximum Gasteiger partial charge on any atom is 0.271 e. The maximum absolute atomic E-state index is 12.4. The van der Waals surface area contributed by atoms with Gasteiger partial charge in [0, 0.05) is 25.0 Å². The first kappa shape index (κ1) is 20.6. The van der Waals surface area contributed by atoms with Crippen molar-refractivity contribution < 1.29 is 4.79 Å². The second kappa shape index (κ2) is 9.43. The zero-order chi connectivity index (χ0) is 20.9. The van der Waals surface area contributed by atoms with Crippen LogP contribution in [0.5, 0.6) is 0 Å². The SMILES string of the molecule is CC(C)N1CCC(Cc2ccc(CCNC(=O)c3cn4ccccc4n3)cc2)CC1. The van der Waals surface area contributed by atoms with E-state index in [2.05, 4.69) is 53.3 Å². The zero-order valence-electron chi connectivity index (χ0n) is 18.1. The van der Waals surface area contributed by atoms with E-state index in [0.717, 1.165) is 18.0 Å². The van der Waals surface area contributed by atoms with Crippen LogP contribution in [0.1, 0.15) is 48.3 Å². The molecule has 0 saturated carbocycles. The van der Waals surface area contributed by atoms with Crippen LogP contribution in [0.3, 0.4) is 0 Å². The van der Waals surface area contributed by atoms with Crippen LogP contribution in [-0.2, 0) is 12.8 Å². The number of hydrogen-bond donors (Lipinski definition) is 1. The molecule has 0 spiro atoms. The van der Waals surface area contributed by atoms with Gasteiger partial charge in [0.05, 0.1) is 0 Å². The maximum atomic E-state index is 12.4. The van der Waals surface area contributed by atoms with E-state index in [1.807, 2.05) is 28.8 Å². The third kappa shape index (κ3) is 5.08. The van der Waals surface area contributed by atoms with Crippen molar-refractivity contribution in [2.24, 2.45) is 5.92 Å². The monoisotopic (exact) mass is 404 g/mol. The number of piperidine rings is 1. The molecule has 3 aromatic rings. The van der Waals surface area contributed by atoms with E-state index < -0.39 is 0 Å². The minimum Gasteiger partial charge on any atom is -0.350 e. The second-order valence-corrected chi connectivity index (χ2v) is 8.69. The lowest BCUT2D eigenvalue weighted by atomic mass is 9.89. The molecule has 3 heterocycles. The number of imidazole rings is 1. The molecule has 2 aromatic heterocycles. The molecule has 1 fully saturated rings. The summed E-state index contributed by atoms with van der Waals surface area (Å²) in [5.74, 6) is 0.679. The fourth-order valence-corrected chi connectivity index (χ4v) is 4.30. The highest BCUT2D eigenvalue weighted by atomic mass is 16.1. The molecule has 0 radical (unpaired) electrons. The molecule has 1 N–H and O–H groups in total. The Morgan fingerprint density at radius 3 is 2.53 bits per heavy atom. The zero-order valence-corrected chi connectivity index (χ0v) is 18.1. The van der Waals surface area contributed by atoms with Gasteiger partial charge in [0.25, 0.3) is 5.91 Å². The van der Waals surface area contributed by atoms with Crippen molar-refractivity contribution in [2.45, 2.75) is 45.6 Å². The molecule has 0 unspecified atom stereocenters. The third-order valence-electron chi connectivity index (χ3n) is 6.22. The number of aromatic nitrogens is 2. The van der Waals surface area contributed by atoms with Crippen molar-refractivity contribution >= 4 is 11.6 Å². The molecule has 30 heavy (non-hydrogen) atoms. The lowest BCUT2D eigenvalue weighted by molar-refractivity contribution is 0.0949. The summed E-state index contributed by atoms with van der Waals surface area (Å²) in [5, 5.41) is 2.98. The Balaban J connectivity index is 1.22. The average Bonchev–Trinajstić information content (AvgIpc) is 3.20. The van der Waals surface area contributed by atoms with E-state index in [4.69, 9.17) is 0 Å². The molecule has 1 amide bonds. The molecule has 1 aromatic carbocycles. The van der Waals surface area contributed by atoms with Gasteiger partial charge < -0.3 is 14.6 Å². The molecule has 1 saturated heterocycles. The average molecular weight is 405 g/mol. The summed E-state index contributed by atoms with van der Waals surface area (Å²) in [4.78, 5) is 19.3. The van der Waals surface area contributed by atoms with E-state index in [1.54, 1.807) is 6.20 Å². The number of fused-ring (bicyclic) bond motifs is 1. The van der Waals surface area contributed by atoms with Crippen LogP contribution in [0, 0.1) is 5.92 Å². The highest BCUT2D eigenvalue weighted by Crippen LogP contribution is 2.23. The summed E-state index contributed by atoms with van der Waals surface area (Å²) in [6.07, 6.45) is 8.27. The van der Waals surface area contributed by atoms with Crippen LogP contribution < -0.4 is 5.32 Å². The minimum absolute atomic E-state index is 0.122. The molecule has 0 aliphatic carbocycles. The Labute approximate surface area is 179 Å². The van der Waals surface area contributed by atoms with Gasteiger partial charge in [-0.25, -0.2) is 4.98 Å². The van der Waals surface area contributed by atoms with Gasteiger partial charge in [-0.05, 0) is 81.8 Å². The van der Waals surface area contributed by atoms with Gasteiger partial charge >= 0.3 is 0 Å². The molecule has 1 aliphatic heterocycles. The van der Waals surface area contributed by atoms with E-state index in [1.165, 1.54) is 43.5 Å². The molecular formula is C25H32N4O. The van der Waals surface area contributed by atoms with Crippen LogP contribution in [-0.4, -0.2) is 45.9 Å². The molecule has 158 valence electrons. The minimum atomic E-state index is -0.122. The van der Waals surface area contributed by atoms with E-state index in [9.17, 15) is 4.79 Å². The Morgan fingerprint density at radius 1 is 1.10 bits per heavy atom. The van der Waals surface area contributed by atoms with Gasteiger partial charge in [-0.3, -0.25) is 4.79 Å². The molecule has 1 aliphatic rings. The first-order valence-corrected chi connectivity index (χ1v) is 11.1. The standard InChI is InChI=1S/C25H32N4O/c1-19(2)28-15-11-22(12-16-28)17-21-8-6-20(7-9-21)10-13-26-25(30)23-18-29-14-4-3-5-24(29)27-23/h3-9,14,18-19,22H,10-13,15-17H2,1-2H3,(H,26,30). The number of pyridine rings is 1. The van der Waals surface area contributed by atoms with E-state index >= 15 is 0 Å². The molecule has 5 heteroatoms. The Bertz CT molecular complexity index is 935. The number of likely N-dealkylation sites (tertiary alicyclic amines) is 1. The Kier molecular flexibility index (Phi) is 6.48. The van der Waals surface area contributed by atoms with Gasteiger partial charge in [0.1, 0.15) is 11.3 Å². The first-order valence-electron chi connectivity index (χ1n) is 11.1. The van der Waals surface area contributed by atoms with Crippen LogP contribution >= 0.6 is 0 Å². The Hall–Kier alpha value is -2.66. The predicted octanol–water partition coefficient (Wildman–Crippen LogP) is 3.97. The van der Waals surface area contributed by atoms with Crippen molar-refractivity contribution in [3.05, 3.63) is 71.7 Å². The van der Waals surface area contributed by atoms with Crippen LogP contribution in [0.15, 0.2) is 54.9 Å². The fourth-order valence-electron chi connectivity index (χ4n) is 4.30. The van der Waals surface area contributed by atoms with Gasteiger partial charge in [0.15, 0.2) is 0 Å². The summed E-state index contributed by atoms with van der Waals surface area (Å²) in [5.41, 5.74) is 3.92.